The van der Waals surface area contributed by atoms with Crippen molar-refractivity contribution in [1.82, 2.24) is 0 Å². The van der Waals surface area contributed by atoms with E-state index in [1.165, 1.54) is 6.07 Å². The first kappa shape index (κ1) is 13.5. The molecule has 1 rings (SSSR count). The molecule has 84 valence electrons. The zero-order valence-electron chi connectivity index (χ0n) is 7.66. The third-order valence-corrected chi connectivity index (χ3v) is 6.77. The molecule has 1 aromatic carbocycles. The summed E-state index contributed by atoms with van der Waals surface area (Å²) in [6, 6.07) is 6.46. The van der Waals surface area contributed by atoms with Gasteiger partial charge < -0.3 is 0 Å². The number of benzene rings is 1. The van der Waals surface area contributed by atoms with Crippen LogP contribution in [0.1, 0.15) is 0 Å². The topological polar surface area (TPSA) is 34.1 Å². The minimum Gasteiger partial charge on any atom is -0.224 e. The van der Waals surface area contributed by atoms with Crippen molar-refractivity contribution in [2.45, 2.75) is 9.72 Å². The van der Waals surface area contributed by atoms with Crippen molar-refractivity contribution in [3.63, 3.8) is 0 Å². The SMILES string of the molecule is O=S(=O)(CC(Br)CBr)c1ccccc1Cl. The molecule has 1 atom stereocenters. The van der Waals surface area contributed by atoms with Gasteiger partial charge in [0.1, 0.15) is 0 Å². The summed E-state index contributed by atoms with van der Waals surface area (Å²) in [5, 5.41) is 0.850. The molecule has 0 aliphatic rings. The van der Waals surface area contributed by atoms with Crippen molar-refractivity contribution in [1.29, 1.82) is 0 Å². The van der Waals surface area contributed by atoms with Crippen LogP contribution in [0.4, 0.5) is 0 Å². The van der Waals surface area contributed by atoms with Crippen molar-refractivity contribution < 1.29 is 8.42 Å². The molecule has 0 aromatic heterocycles. The standard InChI is InChI=1S/C9H9Br2ClO2S/c10-5-7(11)6-15(13,14)9-4-2-1-3-8(9)12/h1-4,7H,5-6H2. The lowest BCUT2D eigenvalue weighted by Gasteiger charge is -2.08. The van der Waals surface area contributed by atoms with Gasteiger partial charge in [-0.25, -0.2) is 8.42 Å². The number of hydrogen-bond acceptors (Lipinski definition) is 2. The van der Waals surface area contributed by atoms with Gasteiger partial charge in [0, 0.05) is 10.2 Å². The molecule has 1 aromatic rings. The van der Waals surface area contributed by atoms with Crippen molar-refractivity contribution in [2.24, 2.45) is 0 Å². The lowest BCUT2D eigenvalue weighted by Crippen LogP contribution is -2.17. The maximum absolute atomic E-state index is 11.9. The van der Waals surface area contributed by atoms with Crippen LogP contribution in [0.15, 0.2) is 29.2 Å². The first-order valence-corrected chi connectivity index (χ1v) is 8.21. The van der Waals surface area contributed by atoms with E-state index in [2.05, 4.69) is 31.9 Å². The molecule has 0 saturated heterocycles. The fourth-order valence-electron chi connectivity index (χ4n) is 1.07. The van der Waals surface area contributed by atoms with Gasteiger partial charge in [0.2, 0.25) is 0 Å². The first-order valence-electron chi connectivity index (χ1n) is 4.14. The van der Waals surface area contributed by atoms with Crippen LogP contribution in [-0.2, 0) is 9.84 Å². The Hall–Kier alpha value is 0.420. The molecule has 0 aliphatic carbocycles. The number of sulfone groups is 1. The van der Waals surface area contributed by atoms with Crippen molar-refractivity contribution in [3.05, 3.63) is 29.3 Å². The zero-order chi connectivity index (χ0) is 11.5. The van der Waals surface area contributed by atoms with Crippen LogP contribution in [0.2, 0.25) is 5.02 Å². The Morgan fingerprint density at radius 1 is 1.33 bits per heavy atom. The zero-order valence-corrected chi connectivity index (χ0v) is 12.4. The summed E-state index contributed by atoms with van der Waals surface area (Å²) in [6.45, 7) is 0. The Morgan fingerprint density at radius 2 is 1.93 bits per heavy atom. The molecule has 0 heterocycles. The average Bonchev–Trinajstić information content (AvgIpc) is 2.17. The summed E-state index contributed by atoms with van der Waals surface area (Å²) in [6.07, 6.45) is 0. The van der Waals surface area contributed by atoms with E-state index in [-0.39, 0.29) is 20.5 Å². The van der Waals surface area contributed by atoms with E-state index >= 15 is 0 Å². The summed E-state index contributed by atoms with van der Waals surface area (Å²) in [5.74, 6) is 0.0297. The maximum Gasteiger partial charge on any atom is 0.180 e. The van der Waals surface area contributed by atoms with E-state index in [9.17, 15) is 8.42 Å². The van der Waals surface area contributed by atoms with Gasteiger partial charge >= 0.3 is 0 Å². The van der Waals surface area contributed by atoms with Crippen molar-refractivity contribution >= 4 is 53.3 Å². The third kappa shape index (κ3) is 3.73. The van der Waals surface area contributed by atoms with E-state index in [1.54, 1.807) is 18.2 Å². The van der Waals surface area contributed by atoms with Gasteiger partial charge in [0.25, 0.3) is 0 Å². The predicted octanol–water partition coefficient (Wildman–Crippen LogP) is 3.27. The second-order valence-electron chi connectivity index (χ2n) is 2.96. The van der Waals surface area contributed by atoms with E-state index in [1.807, 2.05) is 0 Å². The Kier molecular flexibility index (Phi) is 5.09. The molecule has 0 amide bonds. The minimum atomic E-state index is -3.31. The largest absolute Gasteiger partial charge is 0.224 e. The number of halogens is 3. The van der Waals surface area contributed by atoms with Gasteiger partial charge in [-0.05, 0) is 12.1 Å². The second-order valence-corrected chi connectivity index (χ2v) is 7.32. The average molecular weight is 376 g/mol. The van der Waals surface area contributed by atoms with Crippen LogP contribution >= 0.6 is 43.5 Å². The summed E-state index contributed by atoms with van der Waals surface area (Å²) in [7, 11) is -3.31. The van der Waals surface area contributed by atoms with Crippen LogP contribution in [0.5, 0.6) is 0 Å². The smallest absolute Gasteiger partial charge is 0.180 e. The molecule has 6 heteroatoms. The molecule has 0 fully saturated rings. The van der Waals surface area contributed by atoms with Crippen LogP contribution in [0, 0.1) is 0 Å². The van der Waals surface area contributed by atoms with E-state index < -0.39 is 9.84 Å². The van der Waals surface area contributed by atoms with Crippen molar-refractivity contribution in [2.75, 3.05) is 11.1 Å². The highest BCUT2D eigenvalue weighted by Crippen LogP contribution is 2.23. The van der Waals surface area contributed by atoms with Crippen LogP contribution < -0.4 is 0 Å². The van der Waals surface area contributed by atoms with Gasteiger partial charge in [0.15, 0.2) is 9.84 Å². The van der Waals surface area contributed by atoms with Crippen LogP contribution in [-0.4, -0.2) is 24.3 Å². The van der Waals surface area contributed by atoms with E-state index in [0.717, 1.165) is 0 Å². The van der Waals surface area contributed by atoms with Gasteiger partial charge in [-0.2, -0.15) is 0 Å². The van der Waals surface area contributed by atoms with Crippen LogP contribution in [0.25, 0.3) is 0 Å². The fourth-order valence-corrected chi connectivity index (χ4v) is 4.56. The quantitative estimate of drug-likeness (QED) is 0.756. The molecule has 0 saturated carbocycles. The molecule has 0 aliphatic heterocycles. The lowest BCUT2D eigenvalue weighted by molar-refractivity contribution is 0.596. The second kappa shape index (κ2) is 5.66. The summed E-state index contributed by atoms with van der Waals surface area (Å²) < 4.78 is 23.8. The molecular weight excluding hydrogens is 367 g/mol. The Morgan fingerprint density at radius 3 is 2.47 bits per heavy atom. The number of rotatable bonds is 4. The molecular formula is C9H9Br2ClO2S. The first-order chi connectivity index (χ1) is 6.97. The normalized spacial score (nSPS) is 13.8. The third-order valence-electron chi connectivity index (χ3n) is 1.74. The van der Waals surface area contributed by atoms with E-state index in [4.69, 9.17) is 11.6 Å². The van der Waals surface area contributed by atoms with Gasteiger partial charge in [0.05, 0.1) is 15.7 Å². The summed E-state index contributed by atoms with van der Waals surface area (Å²) in [5.41, 5.74) is 0. The lowest BCUT2D eigenvalue weighted by atomic mass is 10.4. The number of alkyl halides is 2. The van der Waals surface area contributed by atoms with E-state index in [0.29, 0.717) is 5.33 Å². The fraction of sp³-hybridized carbons (Fsp3) is 0.333. The van der Waals surface area contributed by atoms with Gasteiger partial charge in [-0.15, -0.1) is 0 Å². The van der Waals surface area contributed by atoms with Gasteiger partial charge in [-0.3, -0.25) is 0 Å². The Balaban J connectivity index is 3.02. The molecule has 0 radical (unpaired) electrons. The van der Waals surface area contributed by atoms with Crippen molar-refractivity contribution in [3.8, 4) is 0 Å². The van der Waals surface area contributed by atoms with Gasteiger partial charge in [-0.1, -0.05) is 55.6 Å². The molecule has 0 bridgehead atoms. The van der Waals surface area contributed by atoms with Crippen LogP contribution in [0.3, 0.4) is 0 Å². The monoisotopic (exact) mass is 374 g/mol. The highest BCUT2D eigenvalue weighted by atomic mass is 79.9. The number of hydrogen-bond donors (Lipinski definition) is 0. The highest BCUT2D eigenvalue weighted by molar-refractivity contribution is 9.12. The molecule has 0 N–H and O–H groups in total. The molecule has 1 unspecified atom stereocenters. The predicted molar refractivity (Wildman–Crippen MR) is 70.0 cm³/mol. The summed E-state index contributed by atoms with van der Waals surface area (Å²) in [4.78, 5) is 0.0795. The summed E-state index contributed by atoms with van der Waals surface area (Å²) >= 11 is 12.3. The highest BCUT2D eigenvalue weighted by Gasteiger charge is 2.20. The Labute approximate surface area is 111 Å². The molecule has 2 nitrogen and oxygen atoms in total. The molecule has 0 spiro atoms. The molecule has 15 heavy (non-hydrogen) atoms. The Bertz CT molecular complexity index is 433. The maximum atomic E-state index is 11.9. The minimum absolute atomic E-state index is 0.0297.